The first kappa shape index (κ1) is 31.0. The average molecular weight is 711 g/mol. The first-order valence-electron chi connectivity index (χ1n) is 19.3. The fourth-order valence-corrected chi connectivity index (χ4v) is 9.35. The van der Waals surface area contributed by atoms with Gasteiger partial charge in [0.1, 0.15) is 0 Å². The van der Waals surface area contributed by atoms with E-state index >= 15 is 0 Å². The van der Waals surface area contributed by atoms with Crippen LogP contribution >= 0.6 is 0 Å². The molecule has 2 heterocycles. The topological polar surface area (TPSA) is 9.86 Å². The van der Waals surface area contributed by atoms with E-state index in [9.17, 15) is 0 Å². The fourth-order valence-electron chi connectivity index (χ4n) is 9.35. The van der Waals surface area contributed by atoms with E-state index in [0.717, 1.165) is 5.69 Å². The van der Waals surface area contributed by atoms with Gasteiger partial charge in [-0.25, -0.2) is 0 Å². The lowest BCUT2D eigenvalue weighted by Gasteiger charge is -2.13. The third kappa shape index (κ3) is 4.57. The van der Waals surface area contributed by atoms with Crippen molar-refractivity contribution < 1.29 is 0 Å². The molecule has 0 saturated heterocycles. The van der Waals surface area contributed by atoms with Crippen LogP contribution < -0.4 is 0 Å². The molecule has 0 atom stereocenters. The van der Waals surface area contributed by atoms with Gasteiger partial charge in [0.05, 0.1) is 22.1 Å². The van der Waals surface area contributed by atoms with E-state index in [0.29, 0.717) is 0 Å². The molecule has 12 rings (SSSR count). The molecular formula is C54H34N2. The molecule has 2 nitrogen and oxygen atoms in total. The molecule has 0 aliphatic rings. The Kier molecular flexibility index (Phi) is 6.66. The highest BCUT2D eigenvalue weighted by Crippen LogP contribution is 2.40. The summed E-state index contributed by atoms with van der Waals surface area (Å²) in [7, 11) is 0. The Balaban J connectivity index is 1.01. The molecule has 0 bridgehead atoms. The maximum absolute atomic E-state index is 2.43. The summed E-state index contributed by atoms with van der Waals surface area (Å²) in [6.45, 7) is 0. The predicted molar refractivity (Wildman–Crippen MR) is 239 cm³/mol. The number of aromatic nitrogens is 2. The van der Waals surface area contributed by atoms with Crippen LogP contribution in [-0.2, 0) is 0 Å². The molecule has 10 aromatic carbocycles. The quantitative estimate of drug-likeness (QED) is 0.161. The normalized spacial score (nSPS) is 11.9. The Labute approximate surface area is 323 Å². The zero-order chi connectivity index (χ0) is 36.7. The van der Waals surface area contributed by atoms with Crippen LogP contribution in [0.25, 0.3) is 110 Å². The van der Waals surface area contributed by atoms with Gasteiger partial charge in [-0.2, -0.15) is 0 Å². The minimum Gasteiger partial charge on any atom is -0.309 e. The molecule has 0 aliphatic carbocycles. The van der Waals surface area contributed by atoms with Crippen LogP contribution in [0.3, 0.4) is 0 Å². The monoisotopic (exact) mass is 710 g/mol. The Morgan fingerprint density at radius 1 is 0.196 bits per heavy atom. The molecular weight excluding hydrogens is 677 g/mol. The SMILES string of the molecule is c1ccc(-n2c3ccccc3c3ccc(-c4ccc5c(c4)c4ccccc4n5-c4cccc(-c5ccc6c7ccccc7c7ccccc7c6c5)c4)cc32)cc1. The second-order valence-corrected chi connectivity index (χ2v) is 14.9. The van der Waals surface area contributed by atoms with E-state index in [4.69, 9.17) is 0 Å². The van der Waals surface area contributed by atoms with Gasteiger partial charge < -0.3 is 9.13 Å². The summed E-state index contributed by atoms with van der Waals surface area (Å²) in [6.07, 6.45) is 0. The highest BCUT2D eigenvalue weighted by atomic mass is 15.0. The lowest BCUT2D eigenvalue weighted by molar-refractivity contribution is 1.18. The van der Waals surface area contributed by atoms with Crippen LogP contribution in [0.4, 0.5) is 0 Å². The van der Waals surface area contributed by atoms with Crippen molar-refractivity contribution in [2.24, 2.45) is 0 Å². The van der Waals surface area contributed by atoms with E-state index in [1.165, 1.54) is 104 Å². The highest BCUT2D eigenvalue weighted by molar-refractivity contribution is 6.25. The van der Waals surface area contributed by atoms with Crippen LogP contribution in [0.5, 0.6) is 0 Å². The van der Waals surface area contributed by atoms with Gasteiger partial charge in [-0.1, -0.05) is 146 Å². The molecule has 0 N–H and O–H groups in total. The Bertz CT molecular complexity index is 3490. The Morgan fingerprint density at radius 2 is 0.607 bits per heavy atom. The maximum atomic E-state index is 2.43. The van der Waals surface area contributed by atoms with Crippen LogP contribution in [0, 0.1) is 0 Å². The van der Waals surface area contributed by atoms with Crippen LogP contribution in [0.15, 0.2) is 206 Å². The zero-order valence-electron chi connectivity index (χ0n) is 30.5. The minimum atomic E-state index is 1.15. The minimum absolute atomic E-state index is 1.15. The van der Waals surface area contributed by atoms with Gasteiger partial charge in [0.15, 0.2) is 0 Å². The molecule has 0 amide bonds. The van der Waals surface area contributed by atoms with E-state index in [1.54, 1.807) is 0 Å². The number of benzene rings is 10. The van der Waals surface area contributed by atoms with Crippen molar-refractivity contribution in [3.05, 3.63) is 206 Å². The predicted octanol–water partition coefficient (Wildman–Crippen LogP) is 14.7. The number of nitrogens with zero attached hydrogens (tertiary/aromatic N) is 2. The zero-order valence-corrected chi connectivity index (χ0v) is 30.5. The summed E-state index contributed by atoms with van der Waals surface area (Å²) in [4.78, 5) is 0. The summed E-state index contributed by atoms with van der Waals surface area (Å²) in [5, 5.41) is 12.8. The molecule has 2 heteroatoms. The molecule has 0 radical (unpaired) electrons. The van der Waals surface area contributed by atoms with Crippen molar-refractivity contribution in [2.75, 3.05) is 0 Å². The van der Waals surface area contributed by atoms with Crippen molar-refractivity contribution in [1.29, 1.82) is 0 Å². The average Bonchev–Trinajstić information content (AvgIpc) is 3.79. The number of fused-ring (bicyclic) bond motifs is 12. The van der Waals surface area contributed by atoms with Gasteiger partial charge in [-0.3, -0.25) is 0 Å². The molecule has 0 fully saturated rings. The van der Waals surface area contributed by atoms with Gasteiger partial charge in [0, 0.05) is 32.9 Å². The Morgan fingerprint density at radius 3 is 1.29 bits per heavy atom. The van der Waals surface area contributed by atoms with E-state index < -0.39 is 0 Å². The second-order valence-electron chi connectivity index (χ2n) is 14.9. The molecule has 0 spiro atoms. The van der Waals surface area contributed by atoms with Crippen LogP contribution in [0.1, 0.15) is 0 Å². The third-order valence-corrected chi connectivity index (χ3v) is 11.9. The second kappa shape index (κ2) is 12.0. The summed E-state index contributed by atoms with van der Waals surface area (Å²) in [5.74, 6) is 0. The number of hydrogen-bond donors (Lipinski definition) is 0. The number of rotatable bonds is 4. The van der Waals surface area contributed by atoms with Crippen molar-refractivity contribution >= 4 is 75.9 Å². The molecule has 0 unspecified atom stereocenters. The third-order valence-electron chi connectivity index (χ3n) is 11.9. The molecule has 0 aliphatic heterocycles. The molecule has 2 aromatic heterocycles. The molecule has 56 heavy (non-hydrogen) atoms. The Hall–Kier alpha value is -7.42. The van der Waals surface area contributed by atoms with Crippen molar-refractivity contribution in [1.82, 2.24) is 9.13 Å². The van der Waals surface area contributed by atoms with Crippen LogP contribution in [-0.4, -0.2) is 9.13 Å². The maximum Gasteiger partial charge on any atom is 0.0547 e. The first-order valence-corrected chi connectivity index (χ1v) is 19.3. The van der Waals surface area contributed by atoms with Gasteiger partial charge in [-0.05, 0) is 115 Å². The lowest BCUT2D eigenvalue weighted by Crippen LogP contribution is -1.94. The molecule has 0 saturated carbocycles. The first-order chi connectivity index (χ1) is 27.8. The molecule has 260 valence electrons. The van der Waals surface area contributed by atoms with Gasteiger partial charge >= 0.3 is 0 Å². The molecule has 12 aromatic rings. The van der Waals surface area contributed by atoms with Crippen molar-refractivity contribution in [3.63, 3.8) is 0 Å². The lowest BCUT2D eigenvalue weighted by atomic mass is 9.92. The fraction of sp³-hybridized carbons (Fsp3) is 0. The van der Waals surface area contributed by atoms with Crippen molar-refractivity contribution in [3.8, 4) is 33.6 Å². The van der Waals surface area contributed by atoms with Gasteiger partial charge in [0.25, 0.3) is 0 Å². The number of hydrogen-bond acceptors (Lipinski definition) is 0. The highest BCUT2D eigenvalue weighted by Gasteiger charge is 2.17. The van der Waals surface area contributed by atoms with E-state index in [-0.39, 0.29) is 0 Å². The summed E-state index contributed by atoms with van der Waals surface area (Å²) in [6, 6.07) is 75.8. The van der Waals surface area contributed by atoms with E-state index in [1.807, 2.05) is 0 Å². The van der Waals surface area contributed by atoms with Gasteiger partial charge in [0.2, 0.25) is 0 Å². The van der Waals surface area contributed by atoms with Crippen molar-refractivity contribution in [2.45, 2.75) is 0 Å². The summed E-state index contributed by atoms with van der Waals surface area (Å²) >= 11 is 0. The summed E-state index contributed by atoms with van der Waals surface area (Å²) < 4.78 is 4.82. The smallest absolute Gasteiger partial charge is 0.0547 e. The summed E-state index contributed by atoms with van der Waals surface area (Å²) in [5.41, 5.74) is 12.0. The largest absolute Gasteiger partial charge is 0.309 e. The number of para-hydroxylation sites is 3. The standard InChI is InChI=1S/C54H34N2/c1-2-14-39(15-3-1)55-51-23-10-8-21-46(51)48-29-26-38(34-54(48)55)37-27-30-53-50(33-37)47-22-9-11-24-52(47)56(53)40-16-12-13-35(31-40)36-25-28-45-43-19-5-4-17-41(43)42-18-6-7-20-44(42)49(45)32-36/h1-34H. The van der Waals surface area contributed by atoms with Gasteiger partial charge in [-0.15, -0.1) is 0 Å². The van der Waals surface area contributed by atoms with E-state index in [2.05, 4.69) is 215 Å². The van der Waals surface area contributed by atoms with Crippen LogP contribution in [0.2, 0.25) is 0 Å².